The molecule has 0 aromatic carbocycles. The Hall–Kier alpha value is -1.85. The van der Waals surface area contributed by atoms with Crippen molar-refractivity contribution < 1.29 is 0 Å². The first-order chi connectivity index (χ1) is 8.11. The van der Waals surface area contributed by atoms with Crippen LogP contribution in [-0.2, 0) is 20.0 Å². The predicted molar refractivity (Wildman–Crippen MR) is 65.5 cm³/mol. The molecule has 17 heavy (non-hydrogen) atoms. The number of hydrogen-bond donors (Lipinski definition) is 1. The minimum atomic E-state index is 0.533. The maximum Gasteiger partial charge on any atom is 0.169 e. The minimum Gasteiger partial charge on any atom is -0.381 e. The third kappa shape index (κ3) is 2.30. The first-order valence-corrected chi connectivity index (χ1v) is 5.79. The molecule has 0 bridgehead atoms. The van der Waals surface area contributed by atoms with E-state index in [1.165, 1.54) is 0 Å². The van der Waals surface area contributed by atoms with Crippen LogP contribution >= 0.6 is 0 Å². The molecule has 2 aromatic heterocycles. The van der Waals surface area contributed by atoms with Gasteiger partial charge in [-0.2, -0.15) is 5.10 Å². The number of aryl methyl sites for hydroxylation is 2. The molecule has 0 aliphatic rings. The lowest BCUT2D eigenvalue weighted by molar-refractivity contribution is 0.576. The topological polar surface area (TPSA) is 74.6 Å². The molecule has 0 aliphatic heterocycles. The number of aromatic nitrogens is 5. The fourth-order valence-corrected chi connectivity index (χ4v) is 1.93. The van der Waals surface area contributed by atoms with Crippen LogP contribution in [-0.4, -0.2) is 24.8 Å². The zero-order valence-corrected chi connectivity index (χ0v) is 10.5. The van der Waals surface area contributed by atoms with Crippen LogP contribution in [0.2, 0.25) is 0 Å². The Morgan fingerprint density at radius 2 is 2.18 bits per heavy atom. The maximum atomic E-state index is 5.81. The normalized spacial score (nSPS) is 11.0. The second kappa shape index (κ2) is 4.57. The van der Waals surface area contributed by atoms with Crippen molar-refractivity contribution in [2.75, 3.05) is 5.73 Å². The summed E-state index contributed by atoms with van der Waals surface area (Å²) in [5, 5.41) is 12.3. The summed E-state index contributed by atoms with van der Waals surface area (Å²) in [6.07, 6.45) is 1.93. The fourth-order valence-electron chi connectivity index (χ4n) is 1.93. The highest BCUT2D eigenvalue weighted by atomic mass is 15.4. The highest BCUT2D eigenvalue weighted by Crippen LogP contribution is 2.12. The number of nitrogen functional groups attached to an aromatic ring is 1. The molecule has 2 heterocycles. The molecule has 0 saturated carbocycles. The van der Waals surface area contributed by atoms with Gasteiger partial charge in [-0.15, -0.1) is 5.10 Å². The lowest BCUT2D eigenvalue weighted by Gasteiger charge is -2.05. The summed E-state index contributed by atoms with van der Waals surface area (Å²) in [5.74, 6) is 0.533. The Bertz CT molecular complexity index is 510. The molecular formula is C11H18N6. The van der Waals surface area contributed by atoms with Gasteiger partial charge in [-0.1, -0.05) is 18.6 Å². The van der Waals surface area contributed by atoms with Crippen molar-refractivity contribution in [3.05, 3.63) is 23.1 Å². The molecule has 2 N–H and O–H groups in total. The van der Waals surface area contributed by atoms with Crippen molar-refractivity contribution in [3.8, 4) is 0 Å². The summed E-state index contributed by atoms with van der Waals surface area (Å²) in [6, 6.07) is 2.05. The van der Waals surface area contributed by atoms with E-state index in [4.69, 9.17) is 5.73 Å². The van der Waals surface area contributed by atoms with Crippen LogP contribution in [0, 0.1) is 6.92 Å². The second-order valence-corrected chi connectivity index (χ2v) is 4.23. The van der Waals surface area contributed by atoms with Crippen LogP contribution < -0.4 is 5.73 Å². The van der Waals surface area contributed by atoms with Crippen molar-refractivity contribution >= 4 is 5.82 Å². The van der Waals surface area contributed by atoms with Gasteiger partial charge in [-0.25, -0.2) is 4.68 Å². The van der Waals surface area contributed by atoms with Crippen molar-refractivity contribution in [2.24, 2.45) is 7.05 Å². The molecule has 0 saturated heterocycles. The number of hydrogen-bond acceptors (Lipinski definition) is 4. The highest BCUT2D eigenvalue weighted by Gasteiger charge is 2.11. The number of nitrogens with zero attached hydrogens (tertiary/aromatic N) is 5. The lowest BCUT2D eigenvalue weighted by Crippen LogP contribution is -2.10. The third-order valence-corrected chi connectivity index (χ3v) is 2.77. The van der Waals surface area contributed by atoms with Gasteiger partial charge in [0.15, 0.2) is 5.82 Å². The number of rotatable bonds is 4. The van der Waals surface area contributed by atoms with E-state index in [2.05, 4.69) is 22.3 Å². The molecule has 0 fully saturated rings. The van der Waals surface area contributed by atoms with Crippen LogP contribution in [0.15, 0.2) is 6.07 Å². The Morgan fingerprint density at radius 1 is 1.41 bits per heavy atom. The first kappa shape index (κ1) is 11.6. The molecule has 0 radical (unpaired) electrons. The molecule has 2 rings (SSSR count). The van der Waals surface area contributed by atoms with Gasteiger partial charge < -0.3 is 5.73 Å². The van der Waals surface area contributed by atoms with Crippen LogP contribution in [0.4, 0.5) is 5.82 Å². The van der Waals surface area contributed by atoms with Gasteiger partial charge >= 0.3 is 0 Å². The molecule has 0 spiro atoms. The van der Waals surface area contributed by atoms with E-state index in [0.29, 0.717) is 12.4 Å². The molecule has 6 heteroatoms. The zero-order chi connectivity index (χ0) is 12.4. The summed E-state index contributed by atoms with van der Waals surface area (Å²) in [7, 11) is 1.93. The van der Waals surface area contributed by atoms with Gasteiger partial charge in [-0.05, 0) is 19.4 Å². The number of nitrogens with two attached hydrogens (primary N) is 1. The molecule has 92 valence electrons. The van der Waals surface area contributed by atoms with E-state index in [1.54, 1.807) is 0 Å². The third-order valence-electron chi connectivity index (χ3n) is 2.77. The van der Waals surface area contributed by atoms with E-state index in [0.717, 1.165) is 29.9 Å². The largest absolute Gasteiger partial charge is 0.381 e. The van der Waals surface area contributed by atoms with Gasteiger partial charge in [0.05, 0.1) is 23.6 Å². The van der Waals surface area contributed by atoms with Crippen molar-refractivity contribution in [3.63, 3.8) is 0 Å². The fraction of sp³-hybridized carbons (Fsp3) is 0.545. The highest BCUT2D eigenvalue weighted by molar-refractivity contribution is 5.33. The molecule has 6 nitrogen and oxygen atoms in total. The maximum absolute atomic E-state index is 5.81. The van der Waals surface area contributed by atoms with Crippen molar-refractivity contribution in [1.82, 2.24) is 24.8 Å². The zero-order valence-electron chi connectivity index (χ0n) is 10.5. The average Bonchev–Trinajstić information content (AvgIpc) is 2.76. The molecule has 0 aliphatic carbocycles. The van der Waals surface area contributed by atoms with Gasteiger partial charge in [0.25, 0.3) is 0 Å². The van der Waals surface area contributed by atoms with E-state index < -0.39 is 0 Å². The second-order valence-electron chi connectivity index (χ2n) is 4.23. The average molecular weight is 234 g/mol. The molecular weight excluding hydrogens is 216 g/mol. The van der Waals surface area contributed by atoms with Crippen LogP contribution in [0.1, 0.15) is 30.4 Å². The Labute approximate surface area is 100 Å². The summed E-state index contributed by atoms with van der Waals surface area (Å²) in [4.78, 5) is 0. The Morgan fingerprint density at radius 3 is 2.76 bits per heavy atom. The monoisotopic (exact) mass is 234 g/mol. The summed E-state index contributed by atoms with van der Waals surface area (Å²) in [5.41, 5.74) is 8.92. The van der Waals surface area contributed by atoms with Crippen LogP contribution in [0.5, 0.6) is 0 Å². The summed E-state index contributed by atoms with van der Waals surface area (Å²) < 4.78 is 3.72. The van der Waals surface area contributed by atoms with Gasteiger partial charge in [0.1, 0.15) is 0 Å². The van der Waals surface area contributed by atoms with Crippen molar-refractivity contribution in [2.45, 2.75) is 33.2 Å². The Kier molecular flexibility index (Phi) is 3.12. The summed E-state index contributed by atoms with van der Waals surface area (Å²) in [6.45, 7) is 4.76. The molecule has 2 aromatic rings. The van der Waals surface area contributed by atoms with Crippen LogP contribution in [0.3, 0.4) is 0 Å². The van der Waals surface area contributed by atoms with E-state index in [9.17, 15) is 0 Å². The van der Waals surface area contributed by atoms with E-state index in [-0.39, 0.29) is 0 Å². The van der Waals surface area contributed by atoms with Crippen LogP contribution in [0.25, 0.3) is 0 Å². The summed E-state index contributed by atoms with van der Waals surface area (Å²) >= 11 is 0. The number of anilines is 1. The SMILES string of the molecule is CCCc1c(N)nnn1Cc1cc(C)nn1C. The van der Waals surface area contributed by atoms with E-state index >= 15 is 0 Å². The Balaban J connectivity index is 2.26. The molecule has 0 amide bonds. The van der Waals surface area contributed by atoms with Crippen molar-refractivity contribution in [1.29, 1.82) is 0 Å². The van der Waals surface area contributed by atoms with Gasteiger partial charge in [0, 0.05) is 7.05 Å². The van der Waals surface area contributed by atoms with Gasteiger partial charge in [0.2, 0.25) is 0 Å². The minimum absolute atomic E-state index is 0.533. The standard InChI is InChI=1S/C11H18N6/c1-4-5-10-11(12)13-15-17(10)7-9-6-8(2)14-16(9)3/h6H,4-5,7,12H2,1-3H3. The lowest BCUT2D eigenvalue weighted by atomic mass is 10.2. The molecule has 0 unspecified atom stereocenters. The van der Waals surface area contributed by atoms with E-state index in [1.807, 2.05) is 29.4 Å². The first-order valence-electron chi connectivity index (χ1n) is 5.79. The smallest absolute Gasteiger partial charge is 0.169 e. The van der Waals surface area contributed by atoms with Gasteiger partial charge in [-0.3, -0.25) is 4.68 Å². The predicted octanol–water partition coefficient (Wildman–Crippen LogP) is 0.903. The quantitative estimate of drug-likeness (QED) is 0.853. The molecule has 0 atom stereocenters.